The van der Waals surface area contributed by atoms with E-state index in [-0.39, 0.29) is 18.0 Å². The van der Waals surface area contributed by atoms with E-state index >= 15 is 0 Å². The first-order valence-electron chi connectivity index (χ1n) is 13.3. The van der Waals surface area contributed by atoms with Gasteiger partial charge in [0.1, 0.15) is 11.6 Å². The van der Waals surface area contributed by atoms with Crippen molar-refractivity contribution in [1.29, 1.82) is 0 Å². The van der Waals surface area contributed by atoms with Crippen molar-refractivity contribution in [2.24, 2.45) is 0 Å². The summed E-state index contributed by atoms with van der Waals surface area (Å²) >= 11 is 0. The number of carbonyl (C=O) groups is 1. The third-order valence-corrected chi connectivity index (χ3v) is 7.63. The van der Waals surface area contributed by atoms with Gasteiger partial charge in [0.15, 0.2) is 0 Å². The maximum absolute atomic E-state index is 13.7. The molecule has 198 valence electrons. The van der Waals surface area contributed by atoms with Gasteiger partial charge < -0.3 is 29.7 Å². The molecule has 0 spiro atoms. The number of pyridine rings is 1. The molecule has 1 amide bonds. The Labute approximate surface area is 218 Å². The maximum Gasteiger partial charge on any atom is 0.256 e. The molecule has 3 aromatic heterocycles. The Morgan fingerprint density at radius 2 is 1.89 bits per heavy atom. The Bertz CT molecular complexity index is 1210. The largest absolute Gasteiger partial charge is 0.381 e. The van der Waals surface area contributed by atoms with E-state index in [0.29, 0.717) is 29.3 Å². The zero-order valence-electron chi connectivity index (χ0n) is 22.3. The Kier molecular flexibility index (Phi) is 7.57. The second kappa shape index (κ2) is 11.0. The van der Waals surface area contributed by atoms with E-state index in [9.17, 15) is 4.79 Å². The molecule has 2 aliphatic rings. The number of amides is 1. The molecule has 0 radical (unpaired) electrons. The second-order valence-electron chi connectivity index (χ2n) is 10.4. The number of rotatable bonds is 7. The molecule has 0 atom stereocenters. The van der Waals surface area contributed by atoms with Crippen LogP contribution in [0.5, 0.6) is 0 Å². The SMILES string of the molecule is COC1CCN(c2nccc(Nc3cc4[nH]cc(C(=O)N(C(C)C)C5CCN(C)CC5)c4cn3)n2)CC1. The minimum Gasteiger partial charge on any atom is -0.381 e. The lowest BCUT2D eigenvalue weighted by Gasteiger charge is -2.39. The predicted molar refractivity (Wildman–Crippen MR) is 145 cm³/mol. The van der Waals surface area contributed by atoms with Crippen molar-refractivity contribution in [1.82, 2.24) is 29.7 Å². The van der Waals surface area contributed by atoms with Gasteiger partial charge in [-0.1, -0.05) is 0 Å². The normalized spacial score (nSPS) is 18.0. The molecule has 0 bridgehead atoms. The summed E-state index contributed by atoms with van der Waals surface area (Å²) in [6.45, 7) is 7.97. The first-order chi connectivity index (χ1) is 17.9. The highest BCUT2D eigenvalue weighted by Crippen LogP contribution is 2.27. The lowest BCUT2D eigenvalue weighted by Crippen LogP contribution is -2.49. The molecule has 2 fully saturated rings. The van der Waals surface area contributed by atoms with E-state index in [0.717, 1.165) is 62.8 Å². The monoisotopic (exact) mass is 506 g/mol. The Morgan fingerprint density at radius 3 is 2.59 bits per heavy atom. The number of nitrogens with one attached hydrogen (secondary N) is 2. The number of aromatic amines is 1. The van der Waals surface area contributed by atoms with Gasteiger partial charge in [0.05, 0.1) is 17.2 Å². The van der Waals surface area contributed by atoms with Gasteiger partial charge in [0, 0.05) is 62.3 Å². The van der Waals surface area contributed by atoms with E-state index in [1.807, 2.05) is 18.3 Å². The van der Waals surface area contributed by atoms with Crippen molar-refractivity contribution in [3.63, 3.8) is 0 Å². The highest BCUT2D eigenvalue weighted by molar-refractivity contribution is 6.07. The molecule has 2 saturated heterocycles. The molecule has 10 heteroatoms. The minimum atomic E-state index is 0.0657. The number of H-pyrrole nitrogens is 1. The molecule has 0 saturated carbocycles. The molecular weight excluding hydrogens is 468 g/mol. The van der Waals surface area contributed by atoms with Gasteiger partial charge in [-0.25, -0.2) is 9.97 Å². The van der Waals surface area contributed by atoms with Crippen molar-refractivity contribution in [2.75, 3.05) is 50.6 Å². The van der Waals surface area contributed by atoms with Crippen LogP contribution >= 0.6 is 0 Å². The number of carbonyl (C=O) groups excluding carboxylic acids is 1. The van der Waals surface area contributed by atoms with Crippen LogP contribution in [0.2, 0.25) is 0 Å². The van der Waals surface area contributed by atoms with Crippen LogP contribution in [0.4, 0.5) is 17.6 Å². The zero-order chi connectivity index (χ0) is 25.9. The average molecular weight is 507 g/mol. The summed E-state index contributed by atoms with van der Waals surface area (Å²) in [6.07, 6.45) is 9.59. The second-order valence-corrected chi connectivity index (χ2v) is 10.4. The van der Waals surface area contributed by atoms with Crippen LogP contribution < -0.4 is 10.2 Å². The first-order valence-corrected chi connectivity index (χ1v) is 13.3. The number of piperidine rings is 2. The van der Waals surface area contributed by atoms with Crippen LogP contribution in [0.1, 0.15) is 49.9 Å². The fraction of sp³-hybridized carbons (Fsp3) is 0.556. The van der Waals surface area contributed by atoms with Gasteiger partial charge in [0.25, 0.3) is 5.91 Å². The van der Waals surface area contributed by atoms with E-state index in [1.165, 1.54) is 0 Å². The summed E-state index contributed by atoms with van der Waals surface area (Å²) in [7, 11) is 3.91. The molecule has 5 rings (SSSR count). The minimum absolute atomic E-state index is 0.0657. The summed E-state index contributed by atoms with van der Waals surface area (Å²) < 4.78 is 5.47. The lowest BCUT2D eigenvalue weighted by molar-refractivity contribution is 0.0508. The molecule has 0 aliphatic carbocycles. The molecule has 0 unspecified atom stereocenters. The number of methoxy groups -OCH3 is 1. The van der Waals surface area contributed by atoms with Crippen molar-refractivity contribution in [3.8, 4) is 0 Å². The Morgan fingerprint density at radius 1 is 1.14 bits per heavy atom. The van der Waals surface area contributed by atoms with Crippen LogP contribution in [0.25, 0.3) is 10.9 Å². The summed E-state index contributed by atoms with van der Waals surface area (Å²) in [4.78, 5) is 37.3. The highest BCUT2D eigenvalue weighted by Gasteiger charge is 2.31. The molecule has 0 aromatic carbocycles. The molecular formula is C27H38N8O2. The van der Waals surface area contributed by atoms with Crippen molar-refractivity contribution < 1.29 is 9.53 Å². The van der Waals surface area contributed by atoms with Crippen molar-refractivity contribution in [3.05, 3.63) is 36.3 Å². The number of anilines is 3. The van der Waals surface area contributed by atoms with Gasteiger partial charge in [-0.15, -0.1) is 0 Å². The molecule has 2 N–H and O–H groups in total. The number of hydrogen-bond acceptors (Lipinski definition) is 8. The standard InChI is InChI=1S/C27H38N8O2/c1-18(2)35(19-6-11-33(3)12-7-19)26(36)22-17-29-23-15-25(30-16-21(22)23)31-24-5-10-28-27(32-24)34-13-8-20(37-4)9-14-34/h5,10,15-20,29H,6-9,11-14H2,1-4H3,(H,28,30,31,32). The quantitative estimate of drug-likeness (QED) is 0.501. The lowest BCUT2D eigenvalue weighted by atomic mass is 10.0. The molecule has 2 aliphatic heterocycles. The topological polar surface area (TPSA) is 103 Å². The Hall–Kier alpha value is -3.24. The third kappa shape index (κ3) is 5.55. The van der Waals surface area contributed by atoms with Crippen LogP contribution in [-0.4, -0.2) is 94.2 Å². The van der Waals surface area contributed by atoms with Gasteiger partial charge in [0.2, 0.25) is 5.95 Å². The van der Waals surface area contributed by atoms with Crippen molar-refractivity contribution >= 4 is 34.4 Å². The fourth-order valence-corrected chi connectivity index (χ4v) is 5.49. The molecule has 3 aromatic rings. The van der Waals surface area contributed by atoms with Crippen LogP contribution in [-0.2, 0) is 4.74 Å². The first kappa shape index (κ1) is 25.4. The number of likely N-dealkylation sites (tertiary alicyclic amines) is 1. The van der Waals surface area contributed by atoms with Gasteiger partial charge in [-0.3, -0.25) is 4.79 Å². The number of hydrogen-bond donors (Lipinski definition) is 2. The summed E-state index contributed by atoms with van der Waals surface area (Å²) in [5.41, 5.74) is 1.54. The smallest absolute Gasteiger partial charge is 0.256 e. The third-order valence-electron chi connectivity index (χ3n) is 7.63. The van der Waals surface area contributed by atoms with E-state index in [2.05, 4.69) is 55.9 Å². The van der Waals surface area contributed by atoms with Gasteiger partial charge in [-0.05, 0) is 65.7 Å². The maximum atomic E-state index is 13.7. The molecule has 5 heterocycles. The number of aromatic nitrogens is 4. The van der Waals surface area contributed by atoms with Crippen molar-refractivity contribution in [2.45, 2.75) is 57.7 Å². The number of nitrogens with zero attached hydrogens (tertiary/aromatic N) is 6. The molecule has 37 heavy (non-hydrogen) atoms. The van der Waals surface area contributed by atoms with E-state index < -0.39 is 0 Å². The van der Waals surface area contributed by atoms with Gasteiger partial charge >= 0.3 is 0 Å². The zero-order valence-corrected chi connectivity index (χ0v) is 22.3. The fourth-order valence-electron chi connectivity index (χ4n) is 5.49. The average Bonchev–Trinajstić information content (AvgIpc) is 3.33. The van der Waals surface area contributed by atoms with Crippen LogP contribution in [0.3, 0.4) is 0 Å². The van der Waals surface area contributed by atoms with E-state index in [4.69, 9.17) is 9.72 Å². The number of fused-ring (bicyclic) bond motifs is 1. The molecule has 10 nitrogen and oxygen atoms in total. The number of ether oxygens (including phenoxy) is 1. The van der Waals surface area contributed by atoms with E-state index in [1.54, 1.807) is 19.5 Å². The van der Waals surface area contributed by atoms with Gasteiger partial charge in [-0.2, -0.15) is 4.98 Å². The highest BCUT2D eigenvalue weighted by atomic mass is 16.5. The Balaban J connectivity index is 1.31. The van der Waals surface area contributed by atoms with Crippen LogP contribution in [0.15, 0.2) is 30.7 Å². The predicted octanol–water partition coefficient (Wildman–Crippen LogP) is 3.66. The summed E-state index contributed by atoms with van der Waals surface area (Å²) in [5, 5.41) is 4.13. The summed E-state index contributed by atoms with van der Waals surface area (Å²) in [6, 6.07) is 4.15. The van der Waals surface area contributed by atoms with Crippen LogP contribution in [0, 0.1) is 0 Å². The summed E-state index contributed by atoms with van der Waals surface area (Å²) in [5.74, 6) is 2.11.